The fourth-order valence-electron chi connectivity index (χ4n) is 2.03. The molecule has 2 unspecified atom stereocenters. The zero-order valence-electron chi connectivity index (χ0n) is 11.0. The Balaban J connectivity index is 2.22. The molecule has 0 aromatic rings. The predicted molar refractivity (Wildman–Crippen MR) is 66.5 cm³/mol. The second-order valence-electron chi connectivity index (χ2n) is 4.91. The largest absolute Gasteiger partial charge is 0.355 e. The molecule has 2 N–H and O–H groups in total. The number of carbonyl (C=O) groups excluding carboxylic acids is 2. The molecule has 0 spiro atoms. The Hall–Kier alpha value is -1.10. The number of rotatable bonds is 4. The van der Waals surface area contributed by atoms with E-state index in [0.29, 0.717) is 19.0 Å². The summed E-state index contributed by atoms with van der Waals surface area (Å²) in [6, 6.07) is 0.405. The fraction of sp³-hybridized carbons (Fsp3) is 0.833. The number of piperidine rings is 1. The summed E-state index contributed by atoms with van der Waals surface area (Å²) < 4.78 is 0. The summed E-state index contributed by atoms with van der Waals surface area (Å²) in [6.07, 6.45) is 2.14. The predicted octanol–water partition coefficient (Wildman–Crippen LogP) is -0.0310. The highest BCUT2D eigenvalue weighted by Crippen LogP contribution is 2.15. The Morgan fingerprint density at radius 1 is 1.41 bits per heavy atom. The Labute approximate surface area is 103 Å². The minimum absolute atomic E-state index is 0.0454. The van der Waals surface area contributed by atoms with Gasteiger partial charge in [0.05, 0.1) is 0 Å². The highest BCUT2D eigenvalue weighted by Gasteiger charge is 2.24. The minimum atomic E-state index is 0.0454. The number of amides is 2. The van der Waals surface area contributed by atoms with Gasteiger partial charge in [-0.1, -0.05) is 0 Å². The maximum absolute atomic E-state index is 11.8. The Morgan fingerprint density at radius 3 is 2.71 bits per heavy atom. The van der Waals surface area contributed by atoms with Crippen molar-refractivity contribution in [3.05, 3.63) is 0 Å². The van der Waals surface area contributed by atoms with Gasteiger partial charge in [-0.15, -0.1) is 0 Å². The molecule has 0 aliphatic carbocycles. The quantitative estimate of drug-likeness (QED) is 0.726. The second kappa shape index (κ2) is 6.59. The summed E-state index contributed by atoms with van der Waals surface area (Å²) in [4.78, 5) is 24.7. The van der Waals surface area contributed by atoms with Gasteiger partial charge in [-0.3, -0.25) is 9.59 Å². The third-order valence-corrected chi connectivity index (χ3v) is 3.13. The van der Waals surface area contributed by atoms with Crippen molar-refractivity contribution in [2.45, 2.75) is 32.2 Å². The minimum Gasteiger partial charge on any atom is -0.355 e. The smallest absolute Gasteiger partial charge is 0.223 e. The lowest BCUT2D eigenvalue weighted by atomic mass is 9.92. The van der Waals surface area contributed by atoms with Gasteiger partial charge in [-0.2, -0.15) is 0 Å². The molecule has 1 aliphatic rings. The summed E-state index contributed by atoms with van der Waals surface area (Å²) in [6.45, 7) is 3.43. The van der Waals surface area contributed by atoms with Crippen LogP contribution in [0.2, 0.25) is 0 Å². The molecule has 2 amide bonds. The molecular formula is C12H23N3O2. The molecule has 1 aliphatic heterocycles. The average molecular weight is 241 g/mol. The first-order valence-corrected chi connectivity index (χ1v) is 6.22. The van der Waals surface area contributed by atoms with E-state index in [0.717, 1.165) is 19.4 Å². The van der Waals surface area contributed by atoms with E-state index in [2.05, 4.69) is 17.6 Å². The van der Waals surface area contributed by atoms with E-state index in [9.17, 15) is 9.59 Å². The molecule has 5 heteroatoms. The van der Waals surface area contributed by atoms with Crippen LogP contribution in [-0.4, -0.2) is 49.9 Å². The average Bonchev–Trinajstić information content (AvgIpc) is 2.28. The Kier molecular flexibility index (Phi) is 5.41. The summed E-state index contributed by atoms with van der Waals surface area (Å²) >= 11 is 0. The SMILES string of the molecule is CC1CC(C(=O)NCCC(=O)N(C)C)CCN1. The van der Waals surface area contributed by atoms with Gasteiger partial charge in [0.1, 0.15) is 0 Å². The highest BCUT2D eigenvalue weighted by atomic mass is 16.2. The van der Waals surface area contributed by atoms with E-state index in [1.54, 1.807) is 19.0 Å². The third kappa shape index (κ3) is 4.73. The van der Waals surface area contributed by atoms with Crippen LogP contribution in [0, 0.1) is 5.92 Å². The van der Waals surface area contributed by atoms with Crippen molar-refractivity contribution in [3.8, 4) is 0 Å². The van der Waals surface area contributed by atoms with E-state index in [1.807, 2.05) is 0 Å². The number of nitrogens with one attached hydrogen (secondary N) is 2. The number of hydrogen-bond acceptors (Lipinski definition) is 3. The standard InChI is InChI=1S/C12H23N3O2/c1-9-8-10(4-6-13-9)12(17)14-7-5-11(16)15(2)3/h9-10,13H,4-8H2,1-3H3,(H,14,17). The van der Waals surface area contributed by atoms with Crippen molar-refractivity contribution in [3.63, 3.8) is 0 Å². The zero-order chi connectivity index (χ0) is 12.8. The number of nitrogens with zero attached hydrogens (tertiary/aromatic N) is 1. The fourth-order valence-corrected chi connectivity index (χ4v) is 2.03. The van der Waals surface area contributed by atoms with E-state index >= 15 is 0 Å². The van der Waals surface area contributed by atoms with Crippen LogP contribution in [0.5, 0.6) is 0 Å². The molecule has 1 fully saturated rings. The normalized spacial score (nSPS) is 24.2. The van der Waals surface area contributed by atoms with Gasteiger partial charge in [0.2, 0.25) is 11.8 Å². The molecule has 1 heterocycles. The summed E-state index contributed by atoms with van der Waals surface area (Å²) in [5, 5.41) is 6.16. The summed E-state index contributed by atoms with van der Waals surface area (Å²) in [5.74, 6) is 0.231. The summed E-state index contributed by atoms with van der Waals surface area (Å²) in [5.41, 5.74) is 0. The molecule has 1 saturated heterocycles. The molecule has 98 valence electrons. The molecule has 2 atom stereocenters. The first-order valence-electron chi connectivity index (χ1n) is 6.22. The Morgan fingerprint density at radius 2 is 2.12 bits per heavy atom. The van der Waals surface area contributed by atoms with Crippen LogP contribution in [0.25, 0.3) is 0 Å². The molecule has 5 nitrogen and oxygen atoms in total. The maximum Gasteiger partial charge on any atom is 0.223 e. The van der Waals surface area contributed by atoms with Crippen molar-refractivity contribution in [1.82, 2.24) is 15.5 Å². The van der Waals surface area contributed by atoms with Crippen LogP contribution in [0.4, 0.5) is 0 Å². The van der Waals surface area contributed by atoms with Crippen LogP contribution in [0.1, 0.15) is 26.2 Å². The second-order valence-corrected chi connectivity index (χ2v) is 4.91. The first kappa shape index (κ1) is 14.0. The van der Waals surface area contributed by atoms with Crippen LogP contribution in [0.15, 0.2) is 0 Å². The molecule has 0 radical (unpaired) electrons. The van der Waals surface area contributed by atoms with Crippen molar-refractivity contribution < 1.29 is 9.59 Å². The Bertz CT molecular complexity index is 279. The number of hydrogen-bond donors (Lipinski definition) is 2. The van der Waals surface area contributed by atoms with Gasteiger partial charge >= 0.3 is 0 Å². The van der Waals surface area contributed by atoms with Crippen LogP contribution >= 0.6 is 0 Å². The molecule has 0 bridgehead atoms. The zero-order valence-corrected chi connectivity index (χ0v) is 11.0. The van der Waals surface area contributed by atoms with E-state index in [-0.39, 0.29) is 17.7 Å². The maximum atomic E-state index is 11.8. The van der Waals surface area contributed by atoms with Crippen molar-refractivity contribution in [2.75, 3.05) is 27.2 Å². The lowest BCUT2D eigenvalue weighted by Crippen LogP contribution is -2.43. The lowest BCUT2D eigenvalue weighted by molar-refractivity contribution is -0.129. The van der Waals surface area contributed by atoms with E-state index < -0.39 is 0 Å². The monoisotopic (exact) mass is 241 g/mol. The van der Waals surface area contributed by atoms with Crippen LogP contribution in [-0.2, 0) is 9.59 Å². The van der Waals surface area contributed by atoms with Crippen molar-refractivity contribution in [1.29, 1.82) is 0 Å². The van der Waals surface area contributed by atoms with Gasteiger partial charge in [-0.25, -0.2) is 0 Å². The molecule has 0 saturated carbocycles. The molecule has 1 rings (SSSR count). The molecule has 0 aromatic heterocycles. The van der Waals surface area contributed by atoms with Crippen molar-refractivity contribution >= 4 is 11.8 Å². The van der Waals surface area contributed by atoms with Gasteiger partial charge in [0.15, 0.2) is 0 Å². The molecule has 0 aromatic carbocycles. The van der Waals surface area contributed by atoms with Crippen molar-refractivity contribution in [2.24, 2.45) is 5.92 Å². The first-order chi connectivity index (χ1) is 8.00. The van der Waals surface area contributed by atoms with Gasteiger partial charge in [0, 0.05) is 39.0 Å². The third-order valence-electron chi connectivity index (χ3n) is 3.13. The van der Waals surface area contributed by atoms with E-state index in [4.69, 9.17) is 0 Å². The van der Waals surface area contributed by atoms with Crippen LogP contribution < -0.4 is 10.6 Å². The van der Waals surface area contributed by atoms with Gasteiger partial charge in [-0.05, 0) is 26.3 Å². The molecular weight excluding hydrogens is 218 g/mol. The topological polar surface area (TPSA) is 61.4 Å². The van der Waals surface area contributed by atoms with E-state index in [1.165, 1.54) is 0 Å². The van der Waals surface area contributed by atoms with Crippen LogP contribution in [0.3, 0.4) is 0 Å². The van der Waals surface area contributed by atoms with Gasteiger partial charge in [0.25, 0.3) is 0 Å². The van der Waals surface area contributed by atoms with Gasteiger partial charge < -0.3 is 15.5 Å². The highest BCUT2D eigenvalue weighted by molar-refractivity contribution is 5.80. The lowest BCUT2D eigenvalue weighted by Gasteiger charge is -2.27. The summed E-state index contributed by atoms with van der Waals surface area (Å²) in [7, 11) is 3.44. The number of carbonyl (C=O) groups is 2. The molecule has 17 heavy (non-hydrogen) atoms.